The maximum Gasteiger partial charge on any atom is 0.425 e. The van der Waals surface area contributed by atoms with Crippen LogP contribution in [0, 0.1) is 5.92 Å². The number of hydrogen-bond donors (Lipinski definition) is 1. The highest BCUT2D eigenvalue weighted by Gasteiger charge is 2.39. The normalized spacial score (nSPS) is 20.9. The second kappa shape index (κ2) is 8.05. The first-order valence-corrected chi connectivity index (χ1v) is 9.43. The first-order valence-electron chi connectivity index (χ1n) is 7.93. The van der Waals surface area contributed by atoms with Crippen molar-refractivity contribution in [1.29, 1.82) is 0 Å². The van der Waals surface area contributed by atoms with E-state index in [-0.39, 0.29) is 19.1 Å². The van der Waals surface area contributed by atoms with Crippen molar-refractivity contribution in [2.45, 2.75) is 45.8 Å². The summed E-state index contributed by atoms with van der Waals surface area (Å²) < 4.78 is 34.2. The van der Waals surface area contributed by atoms with E-state index in [4.69, 9.17) is 14.6 Å². The van der Waals surface area contributed by atoms with Gasteiger partial charge in [0, 0.05) is 6.54 Å². The molecule has 25 heavy (non-hydrogen) atoms. The predicted molar refractivity (Wildman–Crippen MR) is 91.9 cm³/mol. The van der Waals surface area contributed by atoms with Crippen LogP contribution >= 0.6 is 0 Å². The van der Waals surface area contributed by atoms with Crippen LogP contribution in [0.4, 0.5) is 9.59 Å². The molecule has 2 amide bonds. The zero-order chi connectivity index (χ0) is 19.4. The number of rotatable bonds is 5. The lowest BCUT2D eigenvalue weighted by molar-refractivity contribution is 0.0354. The van der Waals surface area contributed by atoms with Crippen molar-refractivity contribution in [1.82, 2.24) is 9.21 Å². The summed E-state index contributed by atoms with van der Waals surface area (Å²) in [6.45, 7) is 10.4. The highest BCUT2D eigenvalue weighted by Crippen LogP contribution is 2.25. The van der Waals surface area contributed by atoms with Gasteiger partial charge in [0.05, 0.1) is 12.6 Å². The van der Waals surface area contributed by atoms with E-state index in [0.29, 0.717) is 17.3 Å². The highest BCUT2D eigenvalue weighted by atomic mass is 32.2. The Morgan fingerprint density at radius 1 is 1.40 bits per heavy atom. The fraction of sp³-hybridized carbons (Fsp3) is 0.733. The second-order valence-corrected chi connectivity index (χ2v) is 8.54. The molecule has 1 aliphatic rings. The van der Waals surface area contributed by atoms with E-state index in [1.807, 2.05) is 6.92 Å². The lowest BCUT2D eigenvalue weighted by Gasteiger charge is -2.30. The van der Waals surface area contributed by atoms with Gasteiger partial charge in [0.15, 0.2) is 0 Å². The molecule has 1 fully saturated rings. The molecule has 0 aromatic rings. The molecule has 0 radical (unpaired) electrons. The fourth-order valence-corrected chi connectivity index (χ4v) is 3.17. The minimum atomic E-state index is -4.34. The number of amides is 2. The quantitative estimate of drug-likeness (QED) is 0.724. The number of carbonyl (C=O) groups excluding carboxylic acids is 2. The van der Waals surface area contributed by atoms with Crippen molar-refractivity contribution in [2.24, 2.45) is 11.1 Å². The van der Waals surface area contributed by atoms with E-state index >= 15 is 0 Å². The average molecular weight is 377 g/mol. The zero-order valence-electron chi connectivity index (χ0n) is 15.1. The van der Waals surface area contributed by atoms with Crippen LogP contribution in [0.5, 0.6) is 0 Å². The molecule has 0 bridgehead atoms. The number of likely N-dealkylation sites (tertiary alicyclic amines) is 1. The maximum absolute atomic E-state index is 12.2. The van der Waals surface area contributed by atoms with Crippen LogP contribution in [0.25, 0.3) is 0 Å². The topological polar surface area (TPSA) is 119 Å². The molecular weight excluding hydrogens is 350 g/mol. The Hall–Kier alpha value is -1.81. The smallest absolute Gasteiger partial charge is 0.425 e. The molecule has 0 saturated carbocycles. The third kappa shape index (κ3) is 6.54. The third-order valence-corrected chi connectivity index (χ3v) is 4.38. The van der Waals surface area contributed by atoms with E-state index in [1.165, 1.54) is 11.0 Å². The summed E-state index contributed by atoms with van der Waals surface area (Å²) in [5.74, 6) is 0.127. The summed E-state index contributed by atoms with van der Waals surface area (Å²) in [4.78, 5) is 25.8. The average Bonchev–Trinajstić information content (AvgIpc) is 2.79. The number of carbonyl (C=O) groups is 2. The minimum Gasteiger partial charge on any atom is -0.445 e. The lowest BCUT2D eigenvalue weighted by atomic mass is 10.1. The summed E-state index contributed by atoms with van der Waals surface area (Å²) in [6.07, 6.45) is 0.281. The van der Waals surface area contributed by atoms with Crippen molar-refractivity contribution in [2.75, 3.05) is 19.7 Å². The molecule has 2 N–H and O–H groups in total. The summed E-state index contributed by atoms with van der Waals surface area (Å²) in [6, 6.07) is -0.543. The van der Waals surface area contributed by atoms with Crippen molar-refractivity contribution >= 4 is 22.4 Å². The highest BCUT2D eigenvalue weighted by molar-refractivity contribution is 7.87. The monoisotopic (exact) mass is 377 g/mol. The van der Waals surface area contributed by atoms with Gasteiger partial charge >= 0.3 is 22.4 Å². The molecule has 0 spiro atoms. The SMILES string of the molecule is C=CCOC(=O)N1C[C@@H](C)C[C@H]1CN(C(=O)OC(C)(C)C)S(N)(=O)=O. The zero-order valence-corrected chi connectivity index (χ0v) is 15.9. The first-order chi connectivity index (χ1) is 11.3. The molecule has 0 aliphatic carbocycles. The van der Waals surface area contributed by atoms with E-state index in [2.05, 4.69) is 6.58 Å². The second-order valence-electron chi connectivity index (χ2n) is 7.07. The van der Waals surface area contributed by atoms with Crippen LogP contribution in [0.15, 0.2) is 12.7 Å². The number of nitrogens with two attached hydrogens (primary N) is 1. The molecule has 1 saturated heterocycles. The van der Waals surface area contributed by atoms with Crippen LogP contribution in [0.3, 0.4) is 0 Å². The molecular formula is C15H27N3O6S. The van der Waals surface area contributed by atoms with Gasteiger partial charge in [0.2, 0.25) is 0 Å². The van der Waals surface area contributed by atoms with Gasteiger partial charge in [-0.15, -0.1) is 0 Å². The molecule has 144 valence electrons. The van der Waals surface area contributed by atoms with Crippen LogP contribution in [0.1, 0.15) is 34.1 Å². The van der Waals surface area contributed by atoms with E-state index in [1.54, 1.807) is 20.8 Å². The van der Waals surface area contributed by atoms with Crippen LogP contribution in [0.2, 0.25) is 0 Å². The van der Waals surface area contributed by atoms with Crippen molar-refractivity contribution in [3.05, 3.63) is 12.7 Å². The molecule has 1 heterocycles. The minimum absolute atomic E-state index is 0.0431. The molecule has 1 aliphatic heterocycles. The van der Waals surface area contributed by atoms with Crippen molar-refractivity contribution in [3.8, 4) is 0 Å². The predicted octanol–water partition coefficient (Wildman–Crippen LogP) is 1.46. The molecule has 0 aromatic carbocycles. The standard InChI is InChI=1S/C15H27N3O6S/c1-6-7-23-13(19)17-9-11(2)8-12(17)10-18(25(16,21)22)14(20)24-15(3,4)5/h6,11-12H,1,7-10H2,2-5H3,(H2,16,21,22)/t11-,12-/m0/s1. The third-order valence-electron chi connectivity index (χ3n) is 3.46. The van der Waals surface area contributed by atoms with E-state index in [0.717, 1.165) is 0 Å². The molecule has 1 rings (SSSR count). The van der Waals surface area contributed by atoms with Crippen LogP contribution < -0.4 is 5.14 Å². The molecule has 0 aromatic heterocycles. The van der Waals surface area contributed by atoms with Gasteiger partial charge in [-0.05, 0) is 33.1 Å². The number of ether oxygens (including phenoxy) is 2. The van der Waals surface area contributed by atoms with Crippen LogP contribution in [-0.2, 0) is 19.7 Å². The lowest BCUT2D eigenvalue weighted by Crippen LogP contribution is -2.50. The van der Waals surface area contributed by atoms with E-state index < -0.39 is 34.0 Å². The summed E-state index contributed by atoms with van der Waals surface area (Å²) in [5.41, 5.74) is -0.883. The summed E-state index contributed by atoms with van der Waals surface area (Å²) in [7, 11) is -4.34. The summed E-state index contributed by atoms with van der Waals surface area (Å²) >= 11 is 0. The van der Waals surface area contributed by atoms with Crippen molar-refractivity contribution in [3.63, 3.8) is 0 Å². The van der Waals surface area contributed by atoms with Crippen molar-refractivity contribution < 1.29 is 27.5 Å². The Kier molecular flexibility index (Phi) is 6.83. The van der Waals surface area contributed by atoms with Gasteiger partial charge in [0.25, 0.3) is 0 Å². The molecule has 9 nitrogen and oxygen atoms in total. The maximum atomic E-state index is 12.2. The van der Waals surface area contributed by atoms with E-state index in [9.17, 15) is 18.0 Å². The molecule has 10 heteroatoms. The summed E-state index contributed by atoms with van der Waals surface area (Å²) in [5, 5.41) is 5.16. The Morgan fingerprint density at radius 3 is 2.48 bits per heavy atom. The van der Waals surface area contributed by atoms with Gasteiger partial charge in [-0.25, -0.2) is 14.7 Å². The number of nitrogens with zero attached hydrogens (tertiary/aromatic N) is 2. The first kappa shape index (κ1) is 21.2. The Labute approximate surface area is 148 Å². The van der Waals surface area contributed by atoms with Gasteiger partial charge in [-0.1, -0.05) is 19.6 Å². The fourth-order valence-electron chi connectivity index (χ4n) is 2.55. The van der Waals surface area contributed by atoms with Gasteiger partial charge in [0.1, 0.15) is 12.2 Å². The van der Waals surface area contributed by atoms with Gasteiger partial charge in [-0.2, -0.15) is 12.7 Å². The number of hydrogen-bond acceptors (Lipinski definition) is 6. The van der Waals surface area contributed by atoms with Gasteiger partial charge < -0.3 is 14.4 Å². The van der Waals surface area contributed by atoms with Gasteiger partial charge in [-0.3, -0.25) is 0 Å². The van der Waals surface area contributed by atoms with Crippen LogP contribution in [-0.4, -0.2) is 61.1 Å². The Balaban J connectivity index is 2.96. The Bertz CT molecular complexity index is 613. The largest absolute Gasteiger partial charge is 0.445 e. The Morgan fingerprint density at radius 2 is 2.00 bits per heavy atom. The molecule has 0 unspecified atom stereocenters. The molecule has 2 atom stereocenters.